The first-order valence-corrected chi connectivity index (χ1v) is 8.09. The Hall–Kier alpha value is -1.70. The maximum Gasteiger partial charge on any atom is 0.490 e. The molecule has 2 saturated heterocycles. The quantitative estimate of drug-likeness (QED) is 0.444. The third kappa shape index (κ3) is 19.1. The smallest absolute Gasteiger partial charge is 0.475 e. The van der Waals surface area contributed by atoms with E-state index in [1.807, 2.05) is 0 Å². The van der Waals surface area contributed by atoms with Crippen LogP contribution in [0.2, 0.25) is 0 Å². The lowest BCUT2D eigenvalue weighted by Gasteiger charge is -2.15. The lowest BCUT2D eigenvalue weighted by Crippen LogP contribution is -2.21. The molecule has 6 nitrogen and oxygen atoms in total. The minimum atomic E-state index is -5.08. The number of halogens is 8. The van der Waals surface area contributed by atoms with Crippen molar-refractivity contribution in [1.82, 2.24) is 10.2 Å². The Morgan fingerprint density at radius 1 is 0.571 bits per heavy atom. The standard InChI is InChI=1S/2C5H10FN.2C2HF3O2/c2*6-7-4-2-1-3-5-7;2*3-2(4,5)1(6)7/h2*1-5H2;2*(H,6,7). The Labute approximate surface area is 155 Å². The van der Waals surface area contributed by atoms with Gasteiger partial charge < -0.3 is 10.2 Å². The van der Waals surface area contributed by atoms with E-state index in [0.717, 1.165) is 35.9 Å². The fourth-order valence-electron chi connectivity index (χ4n) is 1.71. The van der Waals surface area contributed by atoms with Gasteiger partial charge in [0.2, 0.25) is 0 Å². The van der Waals surface area contributed by atoms with Crippen LogP contribution >= 0.6 is 0 Å². The third-order valence-corrected chi connectivity index (χ3v) is 3.09. The van der Waals surface area contributed by atoms with Crippen LogP contribution in [0, 0.1) is 0 Å². The van der Waals surface area contributed by atoms with Crippen LogP contribution in [0.3, 0.4) is 0 Å². The number of alkyl halides is 6. The summed E-state index contributed by atoms with van der Waals surface area (Å²) < 4.78 is 87.5. The van der Waals surface area contributed by atoms with Gasteiger partial charge in [-0.25, -0.2) is 9.59 Å². The van der Waals surface area contributed by atoms with Crippen LogP contribution in [0.4, 0.5) is 35.3 Å². The lowest BCUT2D eigenvalue weighted by molar-refractivity contribution is -0.193. The Balaban J connectivity index is 0. The Bertz CT molecular complexity index is 394. The molecule has 0 amide bonds. The maximum absolute atomic E-state index is 12.0. The fraction of sp³-hybridized carbons (Fsp3) is 0.857. The molecule has 0 aromatic rings. The number of carbonyl (C=O) groups is 2. The Morgan fingerprint density at radius 3 is 0.821 bits per heavy atom. The topological polar surface area (TPSA) is 81.1 Å². The summed E-state index contributed by atoms with van der Waals surface area (Å²) in [5.74, 6) is -5.51. The first-order valence-electron chi connectivity index (χ1n) is 8.09. The molecule has 14 heteroatoms. The molecule has 0 atom stereocenters. The Morgan fingerprint density at radius 2 is 0.750 bits per heavy atom. The van der Waals surface area contributed by atoms with Crippen LogP contribution in [0.5, 0.6) is 0 Å². The molecule has 0 unspecified atom stereocenters. The third-order valence-electron chi connectivity index (χ3n) is 3.09. The van der Waals surface area contributed by atoms with Gasteiger partial charge in [0.05, 0.1) is 0 Å². The van der Waals surface area contributed by atoms with Crippen molar-refractivity contribution in [2.45, 2.75) is 50.9 Å². The second-order valence-electron chi connectivity index (χ2n) is 5.55. The number of hydrogen-bond acceptors (Lipinski definition) is 4. The molecule has 0 aliphatic carbocycles. The normalized spacial score (nSPS) is 18.3. The van der Waals surface area contributed by atoms with Crippen molar-refractivity contribution >= 4 is 11.9 Å². The molecule has 2 rings (SSSR count). The molecule has 0 bridgehead atoms. The summed E-state index contributed by atoms with van der Waals surface area (Å²) in [6.07, 6.45) is -3.60. The maximum atomic E-state index is 12.0. The van der Waals surface area contributed by atoms with Gasteiger partial charge in [-0.3, -0.25) is 0 Å². The predicted octanol–water partition coefficient (Wildman–Crippen LogP) is 3.98. The van der Waals surface area contributed by atoms with Crippen molar-refractivity contribution < 1.29 is 55.1 Å². The fourth-order valence-corrected chi connectivity index (χ4v) is 1.71. The van der Waals surface area contributed by atoms with Gasteiger partial charge >= 0.3 is 24.3 Å². The average Bonchev–Trinajstić information content (AvgIpc) is 2.56. The Kier molecular flexibility index (Phi) is 14.6. The van der Waals surface area contributed by atoms with Crippen LogP contribution in [0.25, 0.3) is 0 Å². The molecule has 28 heavy (non-hydrogen) atoms. The number of aliphatic carboxylic acids is 2. The molecule has 0 radical (unpaired) electrons. The van der Waals surface area contributed by atoms with Gasteiger partial charge in [-0.2, -0.15) is 26.3 Å². The number of hydrogen-bond donors (Lipinski definition) is 2. The van der Waals surface area contributed by atoms with Crippen LogP contribution in [0.15, 0.2) is 0 Å². The molecule has 168 valence electrons. The van der Waals surface area contributed by atoms with E-state index in [-0.39, 0.29) is 0 Å². The summed E-state index contributed by atoms with van der Waals surface area (Å²) >= 11 is 0. The van der Waals surface area contributed by atoms with Crippen LogP contribution in [0.1, 0.15) is 38.5 Å². The molecule has 0 aromatic carbocycles. The summed E-state index contributed by atoms with van der Waals surface area (Å²) in [5.41, 5.74) is 0. The van der Waals surface area contributed by atoms with Gasteiger partial charge in [0.25, 0.3) is 0 Å². The van der Waals surface area contributed by atoms with E-state index in [0.29, 0.717) is 26.2 Å². The van der Waals surface area contributed by atoms with E-state index in [9.17, 15) is 35.3 Å². The summed E-state index contributed by atoms with van der Waals surface area (Å²) in [4.78, 5) is 17.8. The summed E-state index contributed by atoms with van der Waals surface area (Å²) in [7, 11) is 0. The van der Waals surface area contributed by atoms with Gasteiger partial charge in [0.15, 0.2) is 0 Å². The SMILES string of the molecule is FN1CCCCC1.FN1CCCCC1.O=C(O)C(F)(F)F.O=C(O)C(F)(F)F. The number of piperidine rings is 2. The second kappa shape index (κ2) is 14.3. The highest BCUT2D eigenvalue weighted by atomic mass is 19.4. The van der Waals surface area contributed by atoms with E-state index < -0.39 is 24.3 Å². The number of rotatable bonds is 0. The average molecular weight is 434 g/mol. The monoisotopic (exact) mass is 434 g/mol. The highest BCUT2D eigenvalue weighted by molar-refractivity contribution is 5.73. The largest absolute Gasteiger partial charge is 0.490 e. The highest BCUT2D eigenvalue weighted by Crippen LogP contribution is 2.13. The van der Waals surface area contributed by atoms with Crippen molar-refractivity contribution in [3.8, 4) is 0 Å². The van der Waals surface area contributed by atoms with Gasteiger partial charge in [0.1, 0.15) is 0 Å². The zero-order valence-electron chi connectivity index (χ0n) is 14.7. The summed E-state index contributed by atoms with van der Waals surface area (Å²) in [6, 6.07) is 0. The molecule has 2 heterocycles. The molecule has 2 aliphatic heterocycles. The minimum absolute atomic E-state index is 0.653. The molecule has 0 aromatic heterocycles. The number of nitrogens with zero attached hydrogens (tertiary/aromatic N) is 2. The molecule has 0 spiro atoms. The number of carboxylic acid groups (broad SMARTS) is 2. The van der Waals surface area contributed by atoms with Crippen molar-refractivity contribution in [2.24, 2.45) is 0 Å². The molecule has 2 N–H and O–H groups in total. The molecule has 0 saturated carbocycles. The van der Waals surface area contributed by atoms with E-state index in [1.54, 1.807) is 0 Å². The van der Waals surface area contributed by atoms with Crippen molar-refractivity contribution in [3.05, 3.63) is 0 Å². The predicted molar refractivity (Wildman–Crippen MR) is 80.4 cm³/mol. The van der Waals surface area contributed by atoms with Crippen molar-refractivity contribution in [3.63, 3.8) is 0 Å². The molecular weight excluding hydrogens is 412 g/mol. The second-order valence-corrected chi connectivity index (χ2v) is 5.55. The lowest BCUT2D eigenvalue weighted by atomic mass is 10.2. The van der Waals surface area contributed by atoms with Gasteiger partial charge in [0, 0.05) is 26.2 Å². The van der Waals surface area contributed by atoms with Crippen molar-refractivity contribution in [2.75, 3.05) is 26.2 Å². The number of carboxylic acids is 2. The first-order chi connectivity index (χ1) is 12.7. The molecule has 2 fully saturated rings. The van der Waals surface area contributed by atoms with E-state index in [2.05, 4.69) is 0 Å². The minimum Gasteiger partial charge on any atom is -0.475 e. The van der Waals surface area contributed by atoms with Crippen LogP contribution in [-0.4, -0.2) is 70.9 Å². The molecule has 2 aliphatic rings. The van der Waals surface area contributed by atoms with E-state index in [4.69, 9.17) is 19.8 Å². The van der Waals surface area contributed by atoms with Crippen molar-refractivity contribution in [1.29, 1.82) is 0 Å². The van der Waals surface area contributed by atoms with Crippen LogP contribution in [-0.2, 0) is 9.59 Å². The van der Waals surface area contributed by atoms with Gasteiger partial charge in [-0.15, -0.1) is 19.2 Å². The summed E-state index contributed by atoms with van der Waals surface area (Å²) in [6.45, 7) is 2.61. The summed E-state index contributed by atoms with van der Waals surface area (Å²) in [5, 5.41) is 16.0. The van der Waals surface area contributed by atoms with E-state index >= 15 is 0 Å². The van der Waals surface area contributed by atoms with Gasteiger partial charge in [-0.1, -0.05) is 12.8 Å². The van der Waals surface area contributed by atoms with Crippen LogP contribution < -0.4 is 0 Å². The molecular formula is C14H22F8N2O4. The zero-order chi connectivity index (χ0) is 22.4. The zero-order valence-corrected chi connectivity index (χ0v) is 14.7. The highest BCUT2D eigenvalue weighted by Gasteiger charge is 2.38. The van der Waals surface area contributed by atoms with E-state index in [1.165, 1.54) is 12.8 Å². The van der Waals surface area contributed by atoms with Gasteiger partial charge in [-0.05, 0) is 25.7 Å². The first kappa shape index (κ1) is 28.5.